The zero-order chi connectivity index (χ0) is 17.2. The summed E-state index contributed by atoms with van der Waals surface area (Å²) < 4.78 is 23.5. The number of hydrogen-bond acceptors (Lipinski definition) is 3. The monoisotopic (exact) mass is 343 g/mol. The van der Waals surface area contributed by atoms with E-state index >= 15 is 0 Å². The second kappa shape index (κ2) is 6.77. The summed E-state index contributed by atoms with van der Waals surface area (Å²) in [5, 5.41) is -0.382. The minimum atomic E-state index is -3.03. The summed E-state index contributed by atoms with van der Waals surface area (Å²) in [4.78, 5) is 13.9. The molecule has 1 saturated heterocycles. The van der Waals surface area contributed by atoms with Gasteiger partial charge in [-0.3, -0.25) is 4.79 Å². The van der Waals surface area contributed by atoms with Gasteiger partial charge in [-0.05, 0) is 16.7 Å². The molecule has 1 amide bonds. The quantitative estimate of drug-likeness (QED) is 0.838. The minimum Gasteiger partial charge on any atom is -0.340 e. The standard InChI is InChI=1S/C19H21NO3S/c1-2-24(22,23)18-13-20(14-18)19(21)12-15-8-10-17(11-9-15)16-6-4-3-5-7-16/h3-11,18H,2,12-14H2,1H3. The number of rotatable bonds is 5. The van der Waals surface area contributed by atoms with Gasteiger partial charge in [0.05, 0.1) is 11.7 Å². The average Bonchev–Trinajstić information content (AvgIpc) is 2.55. The van der Waals surface area contributed by atoms with Crippen LogP contribution in [0.2, 0.25) is 0 Å². The highest BCUT2D eigenvalue weighted by Gasteiger charge is 2.38. The maximum Gasteiger partial charge on any atom is 0.227 e. The summed E-state index contributed by atoms with van der Waals surface area (Å²) in [6.45, 7) is 2.31. The SMILES string of the molecule is CCS(=O)(=O)C1CN(C(=O)Cc2ccc(-c3ccccc3)cc2)C1. The fourth-order valence-corrected chi connectivity index (χ4v) is 4.12. The van der Waals surface area contributed by atoms with Crippen LogP contribution in [-0.2, 0) is 21.1 Å². The molecule has 5 heteroatoms. The molecular formula is C19H21NO3S. The van der Waals surface area contributed by atoms with Crippen molar-refractivity contribution in [3.8, 4) is 11.1 Å². The van der Waals surface area contributed by atoms with E-state index in [2.05, 4.69) is 12.1 Å². The van der Waals surface area contributed by atoms with Gasteiger partial charge in [0.1, 0.15) is 0 Å². The number of carbonyl (C=O) groups is 1. The molecule has 1 aliphatic rings. The van der Waals surface area contributed by atoms with Crippen molar-refractivity contribution in [1.82, 2.24) is 4.90 Å². The largest absolute Gasteiger partial charge is 0.340 e. The first-order valence-corrected chi connectivity index (χ1v) is 9.85. The summed E-state index contributed by atoms with van der Waals surface area (Å²) >= 11 is 0. The lowest BCUT2D eigenvalue weighted by Gasteiger charge is -2.38. The number of nitrogens with zero attached hydrogens (tertiary/aromatic N) is 1. The van der Waals surface area contributed by atoms with Crippen molar-refractivity contribution < 1.29 is 13.2 Å². The van der Waals surface area contributed by atoms with Crippen LogP contribution in [0.15, 0.2) is 54.6 Å². The maximum atomic E-state index is 12.2. The van der Waals surface area contributed by atoms with Crippen molar-refractivity contribution in [3.05, 3.63) is 60.2 Å². The first kappa shape index (κ1) is 16.7. The third-order valence-corrected chi connectivity index (χ3v) is 6.65. The molecule has 0 saturated carbocycles. The number of likely N-dealkylation sites (tertiary alicyclic amines) is 1. The van der Waals surface area contributed by atoms with E-state index in [1.54, 1.807) is 11.8 Å². The van der Waals surface area contributed by atoms with Crippen molar-refractivity contribution in [2.45, 2.75) is 18.6 Å². The number of amides is 1. The molecule has 0 atom stereocenters. The minimum absolute atomic E-state index is 0.00925. The van der Waals surface area contributed by atoms with Gasteiger partial charge in [0.2, 0.25) is 5.91 Å². The Kier molecular flexibility index (Phi) is 4.71. The van der Waals surface area contributed by atoms with Crippen molar-refractivity contribution in [1.29, 1.82) is 0 Å². The van der Waals surface area contributed by atoms with E-state index in [4.69, 9.17) is 0 Å². The van der Waals surface area contributed by atoms with Crippen LogP contribution in [0.3, 0.4) is 0 Å². The van der Waals surface area contributed by atoms with Crippen molar-refractivity contribution in [2.24, 2.45) is 0 Å². The van der Waals surface area contributed by atoms with Gasteiger partial charge in [-0.25, -0.2) is 8.42 Å². The molecule has 0 N–H and O–H groups in total. The summed E-state index contributed by atoms with van der Waals surface area (Å²) in [7, 11) is -3.03. The lowest BCUT2D eigenvalue weighted by atomic mass is 10.0. The second-order valence-corrected chi connectivity index (χ2v) is 8.68. The van der Waals surface area contributed by atoms with E-state index in [1.165, 1.54) is 0 Å². The Morgan fingerprint density at radius 2 is 1.58 bits per heavy atom. The lowest BCUT2D eigenvalue weighted by Crippen LogP contribution is -2.57. The van der Waals surface area contributed by atoms with Gasteiger partial charge in [0.25, 0.3) is 0 Å². The summed E-state index contributed by atoms with van der Waals surface area (Å²) in [5.41, 5.74) is 3.21. The molecule has 1 fully saturated rings. The van der Waals surface area contributed by atoms with Crippen LogP contribution in [0.4, 0.5) is 0 Å². The van der Waals surface area contributed by atoms with Gasteiger partial charge in [0.15, 0.2) is 9.84 Å². The van der Waals surface area contributed by atoms with E-state index in [0.717, 1.165) is 16.7 Å². The van der Waals surface area contributed by atoms with Crippen LogP contribution in [0.5, 0.6) is 0 Å². The predicted octanol–water partition coefficient (Wildman–Crippen LogP) is 2.54. The van der Waals surface area contributed by atoms with Crippen molar-refractivity contribution >= 4 is 15.7 Å². The summed E-state index contributed by atoms with van der Waals surface area (Å²) in [6.07, 6.45) is 0.313. The molecule has 4 nitrogen and oxygen atoms in total. The molecule has 0 spiro atoms. The molecule has 2 aromatic rings. The third kappa shape index (κ3) is 3.51. The maximum absolute atomic E-state index is 12.2. The van der Waals surface area contributed by atoms with E-state index in [1.807, 2.05) is 42.5 Å². The smallest absolute Gasteiger partial charge is 0.227 e. The van der Waals surface area contributed by atoms with Crippen LogP contribution in [0, 0.1) is 0 Å². The van der Waals surface area contributed by atoms with E-state index in [0.29, 0.717) is 19.5 Å². The Morgan fingerprint density at radius 1 is 1.00 bits per heavy atom. The number of hydrogen-bond donors (Lipinski definition) is 0. The van der Waals surface area contributed by atoms with Crippen molar-refractivity contribution in [2.75, 3.05) is 18.8 Å². The molecule has 0 bridgehead atoms. The normalized spacial score (nSPS) is 15.1. The third-order valence-electron chi connectivity index (χ3n) is 4.53. The van der Waals surface area contributed by atoms with Crippen molar-refractivity contribution in [3.63, 3.8) is 0 Å². The Morgan fingerprint density at radius 3 is 2.17 bits per heavy atom. The van der Waals surface area contributed by atoms with Gasteiger partial charge >= 0.3 is 0 Å². The highest BCUT2D eigenvalue weighted by Crippen LogP contribution is 2.21. The van der Waals surface area contributed by atoms with Crippen LogP contribution < -0.4 is 0 Å². The topological polar surface area (TPSA) is 54.5 Å². The van der Waals surface area contributed by atoms with Gasteiger partial charge in [-0.2, -0.15) is 0 Å². The Hall–Kier alpha value is -2.14. The molecule has 1 heterocycles. The molecular weight excluding hydrogens is 322 g/mol. The fraction of sp³-hybridized carbons (Fsp3) is 0.316. The predicted molar refractivity (Wildman–Crippen MR) is 95.4 cm³/mol. The Labute approximate surface area is 143 Å². The lowest BCUT2D eigenvalue weighted by molar-refractivity contribution is -0.133. The van der Waals surface area contributed by atoms with E-state index in [-0.39, 0.29) is 16.9 Å². The molecule has 0 radical (unpaired) electrons. The average molecular weight is 343 g/mol. The highest BCUT2D eigenvalue weighted by atomic mass is 32.2. The van der Waals surface area contributed by atoms with E-state index in [9.17, 15) is 13.2 Å². The number of sulfone groups is 1. The second-order valence-electron chi connectivity index (χ2n) is 6.11. The Bertz CT molecular complexity index is 807. The van der Waals surface area contributed by atoms with Crippen LogP contribution in [-0.4, -0.2) is 43.3 Å². The first-order chi connectivity index (χ1) is 11.5. The zero-order valence-electron chi connectivity index (χ0n) is 13.7. The molecule has 24 heavy (non-hydrogen) atoms. The van der Waals surface area contributed by atoms with Crippen LogP contribution >= 0.6 is 0 Å². The zero-order valence-corrected chi connectivity index (χ0v) is 14.5. The summed E-state index contributed by atoms with van der Waals surface area (Å²) in [6, 6.07) is 18.0. The highest BCUT2D eigenvalue weighted by molar-refractivity contribution is 7.92. The number of benzene rings is 2. The molecule has 2 aromatic carbocycles. The Balaban J connectivity index is 1.58. The molecule has 3 rings (SSSR count). The van der Waals surface area contributed by atoms with Gasteiger partial charge in [-0.1, -0.05) is 61.5 Å². The van der Waals surface area contributed by atoms with Gasteiger partial charge < -0.3 is 4.90 Å². The molecule has 126 valence electrons. The number of carbonyl (C=O) groups excluding carboxylic acids is 1. The van der Waals surface area contributed by atoms with Crippen LogP contribution in [0.25, 0.3) is 11.1 Å². The van der Waals surface area contributed by atoms with Crippen LogP contribution in [0.1, 0.15) is 12.5 Å². The molecule has 1 aliphatic heterocycles. The van der Waals surface area contributed by atoms with E-state index < -0.39 is 9.84 Å². The molecule has 0 aliphatic carbocycles. The summed E-state index contributed by atoms with van der Waals surface area (Å²) in [5.74, 6) is 0.130. The molecule has 0 aromatic heterocycles. The molecule has 0 unspecified atom stereocenters. The fourth-order valence-electron chi connectivity index (χ4n) is 2.84. The van der Waals surface area contributed by atoms with Gasteiger partial charge in [0, 0.05) is 18.8 Å². The van der Waals surface area contributed by atoms with Gasteiger partial charge in [-0.15, -0.1) is 0 Å². The first-order valence-electron chi connectivity index (χ1n) is 8.13.